The largest absolute Gasteiger partial charge is 0.394 e. The fourth-order valence-corrected chi connectivity index (χ4v) is 7.35. The molecule has 4 nitrogen and oxygen atoms in total. The van der Waals surface area contributed by atoms with Crippen molar-refractivity contribution in [2.45, 2.75) is 270 Å². The van der Waals surface area contributed by atoms with Gasteiger partial charge in [0.2, 0.25) is 5.91 Å². The van der Waals surface area contributed by atoms with Crippen molar-refractivity contribution < 1.29 is 15.0 Å². The van der Waals surface area contributed by atoms with E-state index in [9.17, 15) is 15.0 Å². The second-order valence-corrected chi connectivity index (χ2v) is 16.5. The van der Waals surface area contributed by atoms with E-state index >= 15 is 0 Å². The summed E-state index contributed by atoms with van der Waals surface area (Å²) in [6, 6.07) is -0.641. The highest BCUT2D eigenvalue weighted by atomic mass is 16.3. The molecule has 0 radical (unpaired) electrons. The minimum absolute atomic E-state index is 0.0841. The molecule has 0 aliphatic heterocycles. The van der Waals surface area contributed by atoms with Gasteiger partial charge in [-0.15, -0.1) is 0 Å². The molecule has 0 heterocycles. The summed E-state index contributed by atoms with van der Waals surface area (Å²) in [6.45, 7) is 4.26. The highest BCUT2D eigenvalue weighted by molar-refractivity contribution is 5.76. The van der Waals surface area contributed by atoms with E-state index in [0.717, 1.165) is 44.9 Å². The van der Waals surface area contributed by atoms with Gasteiger partial charge < -0.3 is 15.5 Å². The number of allylic oxidation sites excluding steroid dienone is 5. The van der Waals surface area contributed by atoms with E-state index in [2.05, 4.69) is 43.5 Å². The third kappa shape index (κ3) is 41.8. The Morgan fingerprint density at radius 1 is 0.426 bits per heavy atom. The molecule has 0 fully saturated rings. The van der Waals surface area contributed by atoms with Crippen LogP contribution in [0.4, 0.5) is 0 Å². The van der Waals surface area contributed by atoms with Gasteiger partial charge in [0.05, 0.1) is 18.8 Å². The molecule has 1 amide bonds. The van der Waals surface area contributed by atoms with Gasteiger partial charge >= 0.3 is 0 Å². The van der Waals surface area contributed by atoms with Crippen molar-refractivity contribution in [3.63, 3.8) is 0 Å². The Balaban J connectivity index is 3.48. The van der Waals surface area contributed by atoms with Crippen molar-refractivity contribution in [1.29, 1.82) is 0 Å². The third-order valence-corrected chi connectivity index (χ3v) is 11.1. The van der Waals surface area contributed by atoms with Crippen LogP contribution in [0.25, 0.3) is 0 Å². The molecular weight excluding hydrogens is 663 g/mol. The van der Waals surface area contributed by atoms with Crippen molar-refractivity contribution in [2.24, 2.45) is 0 Å². The quantitative estimate of drug-likeness (QED) is 0.0428. The van der Waals surface area contributed by atoms with Gasteiger partial charge in [-0.05, 0) is 51.4 Å². The van der Waals surface area contributed by atoms with Gasteiger partial charge in [-0.25, -0.2) is 0 Å². The maximum Gasteiger partial charge on any atom is 0.220 e. The van der Waals surface area contributed by atoms with Gasteiger partial charge in [-0.1, -0.05) is 237 Å². The number of hydrogen-bond acceptors (Lipinski definition) is 3. The Kier molecular flexibility index (Phi) is 44.8. The molecule has 0 aliphatic carbocycles. The summed E-state index contributed by atoms with van der Waals surface area (Å²) >= 11 is 0. The number of rotatable bonds is 44. The lowest BCUT2D eigenvalue weighted by molar-refractivity contribution is -0.123. The van der Waals surface area contributed by atoms with Crippen molar-refractivity contribution in [1.82, 2.24) is 5.32 Å². The minimum atomic E-state index is -0.864. The maximum atomic E-state index is 12.3. The first-order valence-electron chi connectivity index (χ1n) is 24.2. The molecule has 3 N–H and O–H groups in total. The Labute approximate surface area is 338 Å². The van der Waals surface area contributed by atoms with Crippen LogP contribution in [0.1, 0.15) is 258 Å². The van der Waals surface area contributed by atoms with Gasteiger partial charge in [-0.3, -0.25) is 4.79 Å². The zero-order valence-corrected chi connectivity index (χ0v) is 36.5. The van der Waals surface area contributed by atoms with Crippen LogP contribution < -0.4 is 5.32 Å². The lowest BCUT2D eigenvalue weighted by Crippen LogP contribution is -2.45. The smallest absolute Gasteiger partial charge is 0.220 e. The van der Waals surface area contributed by atoms with Crippen LogP contribution in [0, 0.1) is 0 Å². The first-order chi connectivity index (χ1) is 26.7. The Morgan fingerprint density at radius 2 is 0.741 bits per heavy atom. The number of amides is 1. The van der Waals surface area contributed by atoms with Crippen molar-refractivity contribution >= 4 is 5.91 Å². The van der Waals surface area contributed by atoms with Crippen LogP contribution in [0.5, 0.6) is 0 Å². The van der Waals surface area contributed by atoms with Crippen molar-refractivity contribution in [2.75, 3.05) is 6.61 Å². The van der Waals surface area contributed by atoms with Crippen molar-refractivity contribution in [3.8, 4) is 0 Å². The highest BCUT2D eigenvalue weighted by Gasteiger charge is 2.17. The van der Waals surface area contributed by atoms with Gasteiger partial charge in [-0.2, -0.15) is 0 Å². The molecule has 0 rings (SSSR count). The summed E-state index contributed by atoms with van der Waals surface area (Å²) in [7, 11) is 0. The van der Waals surface area contributed by atoms with Crippen LogP contribution in [0.15, 0.2) is 36.5 Å². The lowest BCUT2D eigenvalue weighted by atomic mass is 10.0. The van der Waals surface area contributed by atoms with Crippen LogP contribution in [0.3, 0.4) is 0 Å². The van der Waals surface area contributed by atoms with E-state index in [1.54, 1.807) is 6.08 Å². The van der Waals surface area contributed by atoms with E-state index in [-0.39, 0.29) is 12.5 Å². The summed E-state index contributed by atoms with van der Waals surface area (Å²) < 4.78 is 0. The molecule has 2 unspecified atom stereocenters. The molecular formula is C50H95NO3. The fourth-order valence-electron chi connectivity index (χ4n) is 7.35. The van der Waals surface area contributed by atoms with Gasteiger partial charge in [0.1, 0.15) is 0 Å². The van der Waals surface area contributed by atoms with E-state index in [1.807, 2.05) is 6.08 Å². The number of unbranched alkanes of at least 4 members (excludes halogenated alkanes) is 33. The molecule has 4 heteroatoms. The molecule has 2 atom stereocenters. The predicted octanol–water partition coefficient (Wildman–Crippen LogP) is 15.4. The second kappa shape index (κ2) is 46.0. The zero-order chi connectivity index (χ0) is 39.3. The molecule has 0 saturated heterocycles. The van der Waals surface area contributed by atoms with E-state index in [1.165, 1.54) is 193 Å². The molecule has 318 valence electrons. The standard InChI is InChI=1S/C50H95NO3/c1-3-5-7-9-11-13-15-16-17-18-19-20-21-22-23-24-25-26-27-28-29-30-31-32-33-34-36-37-39-41-43-45-49(53)48(47-52)51-50(54)46-44-42-40-38-35-14-12-10-8-6-4-2/h10,12,36-37,43,45,48-49,52-53H,3-9,11,13-35,38-42,44,46-47H2,1-2H3,(H,51,54)/b12-10-,37-36+,45-43+. The summed E-state index contributed by atoms with van der Waals surface area (Å²) in [5, 5.41) is 23.0. The number of carbonyl (C=O) groups excluding carboxylic acids is 1. The average molecular weight is 758 g/mol. The topological polar surface area (TPSA) is 69.6 Å². The summed E-state index contributed by atoms with van der Waals surface area (Å²) in [5.74, 6) is -0.0841. The number of aliphatic hydroxyl groups is 2. The van der Waals surface area contributed by atoms with Crippen molar-refractivity contribution in [3.05, 3.63) is 36.5 Å². The maximum absolute atomic E-state index is 12.3. The first-order valence-corrected chi connectivity index (χ1v) is 24.2. The fraction of sp³-hybridized carbons (Fsp3) is 0.860. The van der Waals surface area contributed by atoms with E-state index in [4.69, 9.17) is 0 Å². The zero-order valence-electron chi connectivity index (χ0n) is 36.5. The number of hydrogen-bond donors (Lipinski definition) is 3. The monoisotopic (exact) mass is 758 g/mol. The molecule has 0 bridgehead atoms. The van der Waals surface area contributed by atoms with Gasteiger partial charge in [0.25, 0.3) is 0 Å². The molecule has 0 saturated carbocycles. The Morgan fingerprint density at radius 3 is 1.13 bits per heavy atom. The number of carbonyl (C=O) groups is 1. The Bertz CT molecular complexity index is 821. The molecule has 54 heavy (non-hydrogen) atoms. The Hall–Kier alpha value is -1.39. The normalized spacial score (nSPS) is 13.2. The molecule has 0 aromatic heterocycles. The number of aliphatic hydroxyl groups excluding tert-OH is 2. The van der Waals surface area contributed by atoms with E-state index < -0.39 is 12.1 Å². The molecule has 0 aromatic rings. The SMILES string of the molecule is CCCC/C=C\CCCCCCCC(=O)NC(CO)C(O)/C=C/CC/C=C/CCCCCCCCCCCCCCCCCCCCCCCCCCC. The van der Waals surface area contributed by atoms with Crippen LogP contribution in [0.2, 0.25) is 0 Å². The summed E-state index contributed by atoms with van der Waals surface area (Å²) in [5.41, 5.74) is 0. The average Bonchev–Trinajstić information content (AvgIpc) is 3.18. The van der Waals surface area contributed by atoms with Gasteiger partial charge in [0, 0.05) is 6.42 Å². The van der Waals surface area contributed by atoms with E-state index in [0.29, 0.717) is 6.42 Å². The van der Waals surface area contributed by atoms with Crippen LogP contribution >= 0.6 is 0 Å². The van der Waals surface area contributed by atoms with Crippen LogP contribution in [-0.4, -0.2) is 34.9 Å². The van der Waals surface area contributed by atoms with Gasteiger partial charge in [0.15, 0.2) is 0 Å². The number of nitrogens with one attached hydrogen (secondary N) is 1. The summed E-state index contributed by atoms with van der Waals surface area (Å²) in [4.78, 5) is 12.3. The molecule has 0 spiro atoms. The molecule has 0 aliphatic rings. The van der Waals surface area contributed by atoms with Crippen LogP contribution in [-0.2, 0) is 4.79 Å². The second-order valence-electron chi connectivity index (χ2n) is 16.5. The third-order valence-electron chi connectivity index (χ3n) is 11.1. The first kappa shape index (κ1) is 52.6. The molecule has 0 aromatic carbocycles. The lowest BCUT2D eigenvalue weighted by Gasteiger charge is -2.19. The minimum Gasteiger partial charge on any atom is -0.394 e. The summed E-state index contributed by atoms with van der Waals surface area (Å²) in [6.07, 6.45) is 61.5. The predicted molar refractivity (Wildman–Crippen MR) is 239 cm³/mol. The highest BCUT2D eigenvalue weighted by Crippen LogP contribution is 2.16.